The summed E-state index contributed by atoms with van der Waals surface area (Å²) in [7, 11) is -4.61. The second-order valence-electron chi connectivity index (χ2n) is 14.6. The maximum Gasteiger partial charge on any atom is 0.306 e. The Kier molecular flexibility index (Phi) is 32.0. The lowest BCUT2D eigenvalue weighted by Crippen LogP contribution is -2.60. The van der Waals surface area contributed by atoms with Crippen molar-refractivity contribution in [3.63, 3.8) is 0 Å². The molecule has 12 nitrogen and oxygen atoms in total. The Morgan fingerprint density at radius 1 is 0.586 bits per heavy atom. The summed E-state index contributed by atoms with van der Waals surface area (Å²) in [5.41, 5.74) is 0. The van der Waals surface area contributed by atoms with Crippen molar-refractivity contribution in [1.82, 2.24) is 0 Å². The molecule has 58 heavy (non-hydrogen) atoms. The van der Waals surface area contributed by atoms with Crippen molar-refractivity contribution in [2.45, 2.75) is 179 Å². The molecule has 0 spiro atoms. The van der Waals surface area contributed by atoms with Crippen molar-refractivity contribution in [3.05, 3.63) is 72.9 Å². The summed E-state index contributed by atoms with van der Waals surface area (Å²) in [6.45, 7) is 3.48. The summed E-state index contributed by atoms with van der Waals surface area (Å²) < 4.78 is 54.0. The first kappa shape index (κ1) is 53.1. The van der Waals surface area contributed by atoms with Gasteiger partial charge < -0.3 is 34.3 Å². The van der Waals surface area contributed by atoms with Gasteiger partial charge in [0.1, 0.15) is 36.8 Å². The van der Waals surface area contributed by atoms with Crippen molar-refractivity contribution in [3.8, 4) is 0 Å². The lowest BCUT2D eigenvalue weighted by Gasteiger charge is -2.40. The normalized spacial score (nSPS) is 21.1. The van der Waals surface area contributed by atoms with E-state index in [0.29, 0.717) is 12.8 Å². The second-order valence-corrected chi connectivity index (χ2v) is 16.1. The molecule has 13 heteroatoms. The van der Waals surface area contributed by atoms with Crippen LogP contribution in [0.15, 0.2) is 72.9 Å². The molecule has 0 amide bonds. The maximum atomic E-state index is 12.8. The van der Waals surface area contributed by atoms with Crippen LogP contribution in [0.3, 0.4) is 0 Å². The number of ether oxygens (including phenoxy) is 4. The van der Waals surface area contributed by atoms with Crippen LogP contribution in [0, 0.1) is 0 Å². The van der Waals surface area contributed by atoms with E-state index in [1.54, 1.807) is 0 Å². The highest BCUT2D eigenvalue weighted by Gasteiger charge is 2.46. The van der Waals surface area contributed by atoms with E-state index in [9.17, 15) is 37.9 Å². The molecule has 1 fully saturated rings. The van der Waals surface area contributed by atoms with Crippen LogP contribution in [-0.4, -0.2) is 96.0 Å². The van der Waals surface area contributed by atoms with Crippen molar-refractivity contribution >= 4 is 22.1 Å². The molecule has 4 N–H and O–H groups in total. The number of esters is 2. The van der Waals surface area contributed by atoms with Gasteiger partial charge in [-0.25, -0.2) is 0 Å². The average Bonchev–Trinajstić information content (AvgIpc) is 3.18. The van der Waals surface area contributed by atoms with E-state index in [4.69, 9.17) is 18.9 Å². The monoisotopic (exact) mass is 838 g/mol. The molecule has 0 aromatic rings. The van der Waals surface area contributed by atoms with Crippen LogP contribution in [-0.2, 0) is 38.7 Å². The van der Waals surface area contributed by atoms with Gasteiger partial charge in [0.15, 0.2) is 12.4 Å². The number of rotatable bonds is 34. The van der Waals surface area contributed by atoms with Gasteiger partial charge in [0.2, 0.25) is 0 Å². The molecule has 0 saturated carbocycles. The maximum absolute atomic E-state index is 12.8. The minimum absolute atomic E-state index is 0.137. The number of aliphatic hydroxyl groups is 3. The van der Waals surface area contributed by atoms with E-state index in [1.165, 1.54) is 0 Å². The van der Waals surface area contributed by atoms with Gasteiger partial charge in [-0.1, -0.05) is 125 Å². The summed E-state index contributed by atoms with van der Waals surface area (Å²) >= 11 is 0. The zero-order chi connectivity index (χ0) is 42.7. The van der Waals surface area contributed by atoms with Crippen LogP contribution in [0.2, 0.25) is 0 Å². The van der Waals surface area contributed by atoms with Crippen LogP contribution < -0.4 is 0 Å². The van der Waals surface area contributed by atoms with Crippen molar-refractivity contribution < 1.29 is 56.8 Å². The molecule has 1 rings (SSSR count). The molecule has 1 heterocycles. The molecule has 1 aliphatic rings. The van der Waals surface area contributed by atoms with Gasteiger partial charge in [0, 0.05) is 12.8 Å². The number of hydrogen-bond acceptors (Lipinski definition) is 11. The molecule has 0 bridgehead atoms. The summed E-state index contributed by atoms with van der Waals surface area (Å²) in [6.07, 6.45) is 33.8. The number of allylic oxidation sites excluding steroid dienone is 12. The molecule has 0 radical (unpaired) electrons. The summed E-state index contributed by atoms with van der Waals surface area (Å²) in [6, 6.07) is 0. The standard InChI is InChI=1S/C45H74O12S/c1-3-5-7-9-11-13-15-17-19-21-23-25-27-29-31-33-40(46)54-35-38(36-55-45-44(50)43(49)42(48)39(57-45)37-58(51,52)53)56-41(47)34-32-30-28-26-24-22-20-18-16-14-12-10-8-6-4-2/h5-8,11-14,17-20,38-39,42-45,48-50H,3-4,9-10,15-16,21-37H2,1-2H3,(H,51,52,53)/b7-5+,8-6+,13-11+,14-12+,19-17+,20-18+/t38-,39-,42-,43?,44?,45+/m1/s1. The third-order valence-corrected chi connectivity index (χ3v) is 10.0. The first-order chi connectivity index (χ1) is 28.0. The Morgan fingerprint density at radius 2 is 1.03 bits per heavy atom. The predicted molar refractivity (Wildman–Crippen MR) is 228 cm³/mol. The van der Waals surface area contributed by atoms with Gasteiger partial charge in [-0.2, -0.15) is 8.42 Å². The zero-order valence-corrected chi connectivity index (χ0v) is 35.9. The van der Waals surface area contributed by atoms with Crippen LogP contribution in [0.5, 0.6) is 0 Å². The molecule has 1 saturated heterocycles. The molecule has 0 aromatic carbocycles. The minimum atomic E-state index is -4.61. The van der Waals surface area contributed by atoms with E-state index in [0.717, 1.165) is 103 Å². The number of carbonyl (C=O) groups is 2. The van der Waals surface area contributed by atoms with Crippen molar-refractivity contribution in [2.24, 2.45) is 0 Å². The average molecular weight is 839 g/mol. The van der Waals surface area contributed by atoms with Gasteiger partial charge in [-0.05, 0) is 77.0 Å². The Balaban J connectivity index is 2.50. The second kappa shape index (κ2) is 34.9. The number of aliphatic hydroxyl groups excluding tert-OH is 3. The third-order valence-electron chi connectivity index (χ3n) is 9.28. The summed E-state index contributed by atoms with van der Waals surface area (Å²) in [4.78, 5) is 25.4. The zero-order valence-electron chi connectivity index (χ0n) is 35.1. The minimum Gasteiger partial charge on any atom is -0.462 e. The SMILES string of the molecule is CC/C=C/C/C=C/C/C=C/CCCCCCCC(=O)OC[C@H](CO[C@H]1O[C@H](CS(=O)(=O)O)[C@@H](O)C(O)C1O)OC(=O)CCCCCCC/C=C/C/C=C/C/C=C/CC. The highest BCUT2D eigenvalue weighted by molar-refractivity contribution is 7.85. The van der Waals surface area contributed by atoms with Crippen LogP contribution >= 0.6 is 0 Å². The van der Waals surface area contributed by atoms with Gasteiger partial charge in [0.05, 0.1) is 6.61 Å². The largest absolute Gasteiger partial charge is 0.462 e. The molecular formula is C45H74O12S. The molecule has 1 aliphatic heterocycles. The molecule has 2 unspecified atom stereocenters. The van der Waals surface area contributed by atoms with Crippen molar-refractivity contribution in [2.75, 3.05) is 19.0 Å². The fourth-order valence-corrected chi connectivity index (χ4v) is 6.69. The fraction of sp³-hybridized carbons (Fsp3) is 0.689. The first-order valence-electron chi connectivity index (χ1n) is 21.5. The molecule has 0 aromatic heterocycles. The van der Waals surface area contributed by atoms with E-state index in [1.807, 2.05) is 0 Å². The summed E-state index contributed by atoms with van der Waals surface area (Å²) in [5, 5.41) is 30.8. The Hall–Kier alpha value is -2.91. The quantitative estimate of drug-likeness (QED) is 0.0210. The van der Waals surface area contributed by atoms with Crippen molar-refractivity contribution in [1.29, 1.82) is 0 Å². The van der Waals surface area contributed by atoms with Crippen LogP contribution in [0.25, 0.3) is 0 Å². The Morgan fingerprint density at radius 3 is 1.53 bits per heavy atom. The smallest absolute Gasteiger partial charge is 0.306 e. The van der Waals surface area contributed by atoms with Gasteiger partial charge in [-0.15, -0.1) is 0 Å². The predicted octanol–water partition coefficient (Wildman–Crippen LogP) is 8.33. The topological polar surface area (TPSA) is 186 Å². The van der Waals surface area contributed by atoms with E-state index < -0.39 is 71.2 Å². The van der Waals surface area contributed by atoms with Crippen LogP contribution in [0.4, 0.5) is 0 Å². The van der Waals surface area contributed by atoms with Crippen LogP contribution in [0.1, 0.15) is 142 Å². The van der Waals surface area contributed by atoms with E-state index in [-0.39, 0.29) is 19.4 Å². The Labute approximate surface area is 348 Å². The summed E-state index contributed by atoms with van der Waals surface area (Å²) in [5.74, 6) is -2.04. The first-order valence-corrected chi connectivity index (χ1v) is 23.1. The highest BCUT2D eigenvalue weighted by Crippen LogP contribution is 2.24. The molecule has 332 valence electrons. The Bertz CT molecular complexity index is 1350. The number of carbonyl (C=O) groups excluding carboxylic acids is 2. The highest BCUT2D eigenvalue weighted by atomic mass is 32.2. The van der Waals surface area contributed by atoms with E-state index in [2.05, 4.69) is 86.8 Å². The molecule has 6 atom stereocenters. The van der Waals surface area contributed by atoms with Gasteiger partial charge in [0.25, 0.3) is 10.1 Å². The van der Waals surface area contributed by atoms with Gasteiger partial charge in [-0.3, -0.25) is 14.1 Å². The lowest BCUT2D eigenvalue weighted by atomic mass is 10.00. The van der Waals surface area contributed by atoms with E-state index >= 15 is 0 Å². The van der Waals surface area contributed by atoms with Gasteiger partial charge >= 0.3 is 11.9 Å². The molecular weight excluding hydrogens is 765 g/mol. The fourth-order valence-electron chi connectivity index (χ4n) is 6.00. The molecule has 0 aliphatic carbocycles. The third kappa shape index (κ3) is 29.3. The number of unbranched alkanes of at least 4 members (excludes halogenated alkanes) is 10. The number of hydrogen-bond donors (Lipinski definition) is 4. The lowest BCUT2D eigenvalue weighted by molar-refractivity contribution is -0.297.